The molecule has 0 saturated carbocycles. The number of ether oxygens (including phenoxy) is 1. The molecule has 0 atom stereocenters. The molecule has 2 nitrogen and oxygen atoms in total. The Balaban J connectivity index is 0.000000448. The van der Waals surface area contributed by atoms with Crippen molar-refractivity contribution in [3.05, 3.63) is 96.1 Å². The van der Waals surface area contributed by atoms with Crippen LogP contribution in [0.25, 0.3) is 6.08 Å². The molecule has 0 aliphatic rings. The molecular formula is C22H18FeO2. The molecule has 25 heavy (non-hydrogen) atoms. The number of allylic oxidation sites excluding steroid dienone is 1. The fraction of sp³-hybridized carbons (Fsp3) is 0.0455. The Morgan fingerprint density at radius 1 is 1.08 bits per heavy atom. The van der Waals surface area contributed by atoms with Gasteiger partial charge in [-0.05, 0) is 23.8 Å². The molecule has 0 saturated heterocycles. The Kier molecular flexibility index (Phi) is 9.48. The first-order chi connectivity index (χ1) is 11.8. The summed E-state index contributed by atoms with van der Waals surface area (Å²) in [6, 6.07) is 24.7. The SMILES string of the molecule is C#CCOc1ccc(/C=C/C(=O)c2cc[cH-]c2)cc1.[Fe+2].c1cc[cH-]c1. The van der Waals surface area contributed by atoms with Crippen molar-refractivity contribution in [3.63, 3.8) is 0 Å². The third kappa shape index (κ3) is 7.54. The molecule has 0 bridgehead atoms. The van der Waals surface area contributed by atoms with Crippen LogP contribution in [-0.2, 0) is 17.1 Å². The number of benzene rings is 1. The van der Waals surface area contributed by atoms with Crippen molar-refractivity contribution in [1.82, 2.24) is 0 Å². The van der Waals surface area contributed by atoms with Crippen molar-refractivity contribution in [1.29, 1.82) is 0 Å². The average Bonchev–Trinajstić information content (AvgIpc) is 3.35. The summed E-state index contributed by atoms with van der Waals surface area (Å²) < 4.78 is 5.27. The van der Waals surface area contributed by atoms with Gasteiger partial charge in [0.2, 0.25) is 0 Å². The van der Waals surface area contributed by atoms with Crippen LogP contribution in [0.5, 0.6) is 5.75 Å². The zero-order valence-corrected chi connectivity index (χ0v) is 14.7. The number of ketones is 1. The number of rotatable bonds is 5. The normalized spacial score (nSPS) is 9.40. The van der Waals surface area contributed by atoms with E-state index in [0.29, 0.717) is 5.56 Å². The van der Waals surface area contributed by atoms with Gasteiger partial charge in [0, 0.05) is 0 Å². The second kappa shape index (κ2) is 11.7. The first kappa shape index (κ1) is 20.3. The molecule has 0 N–H and O–H groups in total. The zero-order valence-electron chi connectivity index (χ0n) is 13.6. The van der Waals surface area contributed by atoms with Crippen molar-refractivity contribution in [2.24, 2.45) is 0 Å². The Morgan fingerprint density at radius 2 is 1.80 bits per heavy atom. The fourth-order valence-electron chi connectivity index (χ4n) is 1.93. The van der Waals surface area contributed by atoms with Crippen LogP contribution in [0.3, 0.4) is 0 Å². The molecular weight excluding hydrogens is 352 g/mol. The summed E-state index contributed by atoms with van der Waals surface area (Å²) >= 11 is 0. The second-order valence-electron chi connectivity index (χ2n) is 4.90. The Morgan fingerprint density at radius 3 is 2.32 bits per heavy atom. The van der Waals surface area contributed by atoms with Gasteiger partial charge in [-0.25, -0.2) is 18.2 Å². The van der Waals surface area contributed by atoms with E-state index in [-0.39, 0.29) is 29.5 Å². The first-order valence-corrected chi connectivity index (χ1v) is 7.57. The van der Waals surface area contributed by atoms with Gasteiger partial charge in [0.1, 0.15) is 18.1 Å². The molecule has 3 rings (SSSR count). The first-order valence-electron chi connectivity index (χ1n) is 7.57. The summed E-state index contributed by atoms with van der Waals surface area (Å²) in [5, 5.41) is 0. The van der Waals surface area contributed by atoms with E-state index in [9.17, 15) is 4.79 Å². The van der Waals surface area contributed by atoms with E-state index in [1.807, 2.05) is 66.7 Å². The molecule has 3 aromatic carbocycles. The Hall–Kier alpha value is -2.79. The fourth-order valence-corrected chi connectivity index (χ4v) is 1.93. The molecule has 0 fully saturated rings. The van der Waals surface area contributed by atoms with Gasteiger partial charge in [-0.15, -0.1) is 12.0 Å². The number of carbonyl (C=O) groups is 1. The topological polar surface area (TPSA) is 26.3 Å². The van der Waals surface area contributed by atoms with Gasteiger partial charge in [0.15, 0.2) is 0 Å². The summed E-state index contributed by atoms with van der Waals surface area (Å²) in [6.07, 6.45) is 8.45. The predicted octanol–water partition coefficient (Wildman–Crippen LogP) is 4.72. The van der Waals surface area contributed by atoms with E-state index in [0.717, 1.165) is 11.3 Å². The van der Waals surface area contributed by atoms with E-state index < -0.39 is 0 Å². The number of carbonyl (C=O) groups excluding carboxylic acids is 1. The van der Waals surface area contributed by atoms with E-state index in [1.165, 1.54) is 0 Å². The number of terminal acetylenes is 1. The van der Waals surface area contributed by atoms with Crippen LogP contribution in [0.4, 0.5) is 0 Å². The van der Waals surface area contributed by atoms with E-state index >= 15 is 0 Å². The monoisotopic (exact) mass is 370 g/mol. The summed E-state index contributed by atoms with van der Waals surface area (Å²) in [5.74, 6) is 3.12. The maximum absolute atomic E-state index is 11.8. The molecule has 0 spiro atoms. The van der Waals surface area contributed by atoms with E-state index in [4.69, 9.17) is 11.2 Å². The summed E-state index contributed by atoms with van der Waals surface area (Å²) in [6.45, 7) is 0.255. The summed E-state index contributed by atoms with van der Waals surface area (Å²) in [4.78, 5) is 11.8. The smallest absolute Gasteiger partial charge is 0.481 e. The third-order valence-electron chi connectivity index (χ3n) is 3.13. The minimum atomic E-state index is -0.00217. The molecule has 0 radical (unpaired) electrons. The Bertz CT molecular complexity index is 756. The Labute approximate surface area is 159 Å². The van der Waals surface area contributed by atoms with Crippen LogP contribution in [0, 0.1) is 12.3 Å². The van der Waals surface area contributed by atoms with E-state index in [2.05, 4.69) is 5.92 Å². The van der Waals surface area contributed by atoms with Gasteiger partial charge in [0.05, 0.1) is 0 Å². The second-order valence-corrected chi connectivity index (χ2v) is 4.90. The van der Waals surface area contributed by atoms with Crippen LogP contribution >= 0.6 is 0 Å². The number of hydrogen-bond donors (Lipinski definition) is 0. The molecule has 0 unspecified atom stereocenters. The van der Waals surface area contributed by atoms with Gasteiger partial charge < -0.3 is 9.53 Å². The standard InChI is InChI=1S/C17H13O2.C5H5.Fe/c1-2-13-19-16-10-7-14(8-11-16)9-12-17(18)15-5-3-4-6-15;1-2-4-5-3-1;/h1,3-12H,13H2;1-5H;/q2*-1;+2/b12-9+;;. The van der Waals surface area contributed by atoms with Gasteiger partial charge in [-0.3, -0.25) is 0 Å². The summed E-state index contributed by atoms with van der Waals surface area (Å²) in [5.41, 5.74) is 1.64. The van der Waals surface area contributed by atoms with Crippen molar-refractivity contribution >= 4 is 11.9 Å². The van der Waals surface area contributed by atoms with Crippen molar-refractivity contribution in [2.75, 3.05) is 6.61 Å². The maximum atomic E-state index is 11.8. The summed E-state index contributed by atoms with van der Waals surface area (Å²) in [7, 11) is 0. The van der Waals surface area contributed by atoms with Gasteiger partial charge in [-0.1, -0.05) is 24.1 Å². The van der Waals surface area contributed by atoms with Crippen LogP contribution in [0.2, 0.25) is 0 Å². The molecule has 3 heteroatoms. The zero-order chi connectivity index (χ0) is 17.0. The molecule has 0 heterocycles. The largest absolute Gasteiger partial charge is 2.00 e. The van der Waals surface area contributed by atoms with Crippen molar-refractivity contribution < 1.29 is 26.6 Å². The molecule has 0 aromatic heterocycles. The minimum absolute atomic E-state index is 0. The van der Waals surface area contributed by atoms with Crippen LogP contribution < -0.4 is 4.74 Å². The van der Waals surface area contributed by atoms with Gasteiger partial charge in [0.25, 0.3) is 0 Å². The van der Waals surface area contributed by atoms with Crippen LogP contribution in [-0.4, -0.2) is 12.4 Å². The predicted molar refractivity (Wildman–Crippen MR) is 98.2 cm³/mol. The van der Waals surface area contributed by atoms with Gasteiger partial charge >= 0.3 is 17.1 Å². The average molecular weight is 370 g/mol. The molecule has 0 aliphatic carbocycles. The van der Waals surface area contributed by atoms with Gasteiger partial charge in [-0.2, -0.15) is 36.4 Å². The quantitative estimate of drug-likeness (QED) is 0.214. The molecule has 3 aromatic rings. The molecule has 0 amide bonds. The van der Waals surface area contributed by atoms with Crippen LogP contribution in [0.1, 0.15) is 15.9 Å². The van der Waals surface area contributed by atoms with Crippen LogP contribution in [0.15, 0.2) is 84.9 Å². The van der Waals surface area contributed by atoms with E-state index in [1.54, 1.807) is 24.3 Å². The third-order valence-corrected chi connectivity index (χ3v) is 3.13. The maximum Gasteiger partial charge on any atom is 2.00 e. The van der Waals surface area contributed by atoms with Crippen molar-refractivity contribution in [2.45, 2.75) is 0 Å². The number of hydrogen-bond acceptors (Lipinski definition) is 2. The molecule has 0 aliphatic heterocycles. The minimum Gasteiger partial charge on any atom is -0.481 e. The molecule has 126 valence electrons. The van der Waals surface area contributed by atoms with Crippen molar-refractivity contribution in [3.8, 4) is 18.1 Å².